The molecule has 0 spiro atoms. The topological polar surface area (TPSA) is 57.6 Å². The maximum absolute atomic E-state index is 11.6. The number of amides is 1. The zero-order valence-electron chi connectivity index (χ0n) is 11.0. The van der Waals surface area contributed by atoms with Gasteiger partial charge >= 0.3 is 5.97 Å². The Balaban J connectivity index is 2.35. The van der Waals surface area contributed by atoms with Gasteiger partial charge in [-0.25, -0.2) is 0 Å². The summed E-state index contributed by atoms with van der Waals surface area (Å²) < 4.78 is 0. The Labute approximate surface area is 111 Å². The number of carboxylic acid groups (broad SMARTS) is 1. The molecule has 0 radical (unpaired) electrons. The smallest absolute Gasteiger partial charge is 0.323 e. The van der Waals surface area contributed by atoms with E-state index in [1.54, 1.807) is 11.3 Å². The predicted octanol–water partition coefficient (Wildman–Crippen LogP) is 2.23. The minimum absolute atomic E-state index is 0.109. The molecule has 1 aromatic heterocycles. The van der Waals surface area contributed by atoms with Gasteiger partial charge in [-0.15, -0.1) is 11.3 Å². The average Bonchev–Trinajstić information content (AvgIpc) is 2.56. The van der Waals surface area contributed by atoms with E-state index >= 15 is 0 Å². The first-order valence-electron chi connectivity index (χ1n) is 5.92. The molecule has 1 heterocycles. The summed E-state index contributed by atoms with van der Waals surface area (Å²) in [5.41, 5.74) is 1.30. The molecule has 0 saturated heterocycles. The second-order valence-electron chi connectivity index (χ2n) is 4.44. The molecule has 1 rings (SSSR count). The monoisotopic (exact) mass is 269 g/mol. The second kappa shape index (κ2) is 6.54. The van der Waals surface area contributed by atoms with Crippen LogP contribution in [0.15, 0.2) is 6.07 Å². The number of carbonyl (C=O) groups is 2. The lowest BCUT2D eigenvalue weighted by Gasteiger charge is -2.14. The van der Waals surface area contributed by atoms with Crippen LogP contribution in [0.2, 0.25) is 0 Å². The zero-order chi connectivity index (χ0) is 13.7. The Morgan fingerprint density at radius 2 is 2.06 bits per heavy atom. The first-order valence-corrected chi connectivity index (χ1v) is 6.73. The molecule has 0 unspecified atom stereocenters. The molecule has 1 aromatic rings. The average molecular weight is 269 g/mol. The zero-order valence-corrected chi connectivity index (χ0v) is 11.8. The molecule has 5 heteroatoms. The molecular weight excluding hydrogens is 250 g/mol. The molecule has 0 bridgehead atoms. The molecule has 0 atom stereocenters. The number of carboxylic acids is 1. The first kappa shape index (κ1) is 14.7. The van der Waals surface area contributed by atoms with E-state index in [1.807, 2.05) is 0 Å². The van der Waals surface area contributed by atoms with E-state index in [0.717, 1.165) is 12.8 Å². The van der Waals surface area contributed by atoms with Gasteiger partial charge in [0.15, 0.2) is 0 Å². The lowest BCUT2D eigenvalue weighted by atomic mass is 10.1. The fraction of sp³-hybridized carbons (Fsp3) is 0.538. The van der Waals surface area contributed by atoms with E-state index in [-0.39, 0.29) is 12.5 Å². The summed E-state index contributed by atoms with van der Waals surface area (Å²) in [6.45, 7) is 3.94. The molecule has 0 aliphatic rings. The normalized spacial score (nSPS) is 10.4. The van der Waals surface area contributed by atoms with Crippen molar-refractivity contribution in [1.82, 2.24) is 4.90 Å². The number of nitrogens with zero attached hydrogens (tertiary/aromatic N) is 1. The summed E-state index contributed by atoms with van der Waals surface area (Å²) in [6, 6.07) is 2.16. The Kier molecular flexibility index (Phi) is 5.34. The minimum atomic E-state index is -0.977. The van der Waals surface area contributed by atoms with Crippen molar-refractivity contribution in [1.29, 1.82) is 0 Å². The maximum Gasteiger partial charge on any atom is 0.323 e. The number of carbonyl (C=O) groups excluding carboxylic acids is 1. The van der Waals surface area contributed by atoms with Crippen LogP contribution in [0, 0.1) is 13.8 Å². The van der Waals surface area contributed by atoms with E-state index in [4.69, 9.17) is 5.11 Å². The molecule has 1 amide bonds. The van der Waals surface area contributed by atoms with E-state index in [0.29, 0.717) is 6.42 Å². The molecule has 0 saturated carbocycles. The molecule has 18 heavy (non-hydrogen) atoms. The molecule has 100 valence electrons. The van der Waals surface area contributed by atoms with Gasteiger partial charge in [0, 0.05) is 23.2 Å². The molecule has 0 aliphatic heterocycles. The molecular formula is C13H19NO3S. The second-order valence-corrected chi connectivity index (χ2v) is 5.90. The van der Waals surface area contributed by atoms with Crippen LogP contribution in [0.5, 0.6) is 0 Å². The number of thiophene rings is 1. The minimum Gasteiger partial charge on any atom is -0.480 e. The van der Waals surface area contributed by atoms with Crippen LogP contribution in [0.1, 0.15) is 28.2 Å². The van der Waals surface area contributed by atoms with Crippen molar-refractivity contribution in [3.8, 4) is 0 Å². The van der Waals surface area contributed by atoms with Crippen molar-refractivity contribution in [2.45, 2.75) is 33.1 Å². The summed E-state index contributed by atoms with van der Waals surface area (Å²) in [5.74, 6) is -1.09. The fourth-order valence-electron chi connectivity index (χ4n) is 1.84. The lowest BCUT2D eigenvalue weighted by molar-refractivity contribution is -0.143. The third-order valence-corrected chi connectivity index (χ3v) is 3.79. The number of hydrogen-bond donors (Lipinski definition) is 1. The third-order valence-electron chi connectivity index (χ3n) is 2.78. The standard InChI is InChI=1S/C13H19NO3S/c1-9-7-11(10(2)18-9)5-4-6-12(15)14(3)8-13(16)17/h7H,4-6,8H2,1-3H3,(H,16,17). The highest BCUT2D eigenvalue weighted by molar-refractivity contribution is 7.12. The highest BCUT2D eigenvalue weighted by Crippen LogP contribution is 2.22. The fourth-order valence-corrected chi connectivity index (χ4v) is 2.82. The quantitative estimate of drug-likeness (QED) is 0.861. The highest BCUT2D eigenvalue weighted by atomic mass is 32.1. The van der Waals surface area contributed by atoms with Crippen molar-refractivity contribution in [3.05, 3.63) is 21.4 Å². The van der Waals surface area contributed by atoms with Gasteiger partial charge in [-0.05, 0) is 38.3 Å². The summed E-state index contributed by atoms with van der Waals surface area (Å²) >= 11 is 1.77. The van der Waals surface area contributed by atoms with E-state index < -0.39 is 5.97 Å². The third kappa shape index (κ3) is 4.49. The van der Waals surface area contributed by atoms with E-state index in [1.165, 1.54) is 27.3 Å². The maximum atomic E-state index is 11.6. The van der Waals surface area contributed by atoms with Crippen molar-refractivity contribution in [2.24, 2.45) is 0 Å². The largest absolute Gasteiger partial charge is 0.480 e. The van der Waals surface area contributed by atoms with E-state index in [2.05, 4.69) is 19.9 Å². The number of hydrogen-bond acceptors (Lipinski definition) is 3. The molecule has 0 fully saturated rings. The summed E-state index contributed by atoms with van der Waals surface area (Å²) in [4.78, 5) is 25.9. The van der Waals surface area contributed by atoms with Crippen molar-refractivity contribution in [2.75, 3.05) is 13.6 Å². The number of likely N-dealkylation sites (N-methyl/N-ethyl adjacent to an activating group) is 1. The SMILES string of the molecule is Cc1cc(CCCC(=O)N(C)CC(=O)O)c(C)s1. The van der Waals surface area contributed by atoms with Crippen LogP contribution in [-0.4, -0.2) is 35.5 Å². The van der Waals surface area contributed by atoms with Crippen LogP contribution >= 0.6 is 11.3 Å². The van der Waals surface area contributed by atoms with Crippen molar-refractivity contribution in [3.63, 3.8) is 0 Å². The Morgan fingerprint density at radius 3 is 2.56 bits per heavy atom. The first-order chi connectivity index (χ1) is 8.40. The summed E-state index contributed by atoms with van der Waals surface area (Å²) in [7, 11) is 1.52. The molecule has 1 N–H and O–H groups in total. The number of aryl methyl sites for hydroxylation is 3. The van der Waals surface area contributed by atoms with Gasteiger partial charge in [0.1, 0.15) is 6.54 Å². The molecule has 0 aliphatic carbocycles. The van der Waals surface area contributed by atoms with Crippen molar-refractivity contribution >= 4 is 23.2 Å². The Bertz CT molecular complexity index is 439. The van der Waals surface area contributed by atoms with Crippen LogP contribution in [0.4, 0.5) is 0 Å². The summed E-state index contributed by atoms with van der Waals surface area (Å²) in [5, 5.41) is 8.58. The van der Waals surface area contributed by atoms with Gasteiger partial charge in [0.25, 0.3) is 0 Å². The molecule has 0 aromatic carbocycles. The van der Waals surface area contributed by atoms with Crippen LogP contribution in [0.3, 0.4) is 0 Å². The molecule has 4 nitrogen and oxygen atoms in total. The van der Waals surface area contributed by atoms with Gasteiger partial charge < -0.3 is 10.0 Å². The van der Waals surface area contributed by atoms with Gasteiger partial charge in [0.05, 0.1) is 0 Å². The van der Waals surface area contributed by atoms with Crippen LogP contribution in [-0.2, 0) is 16.0 Å². The number of aliphatic carboxylic acids is 1. The van der Waals surface area contributed by atoms with Crippen molar-refractivity contribution < 1.29 is 14.7 Å². The van der Waals surface area contributed by atoms with Gasteiger partial charge in [-0.3, -0.25) is 9.59 Å². The van der Waals surface area contributed by atoms with Gasteiger partial charge in [-0.1, -0.05) is 0 Å². The Hall–Kier alpha value is -1.36. The lowest BCUT2D eigenvalue weighted by Crippen LogP contribution is -2.31. The van der Waals surface area contributed by atoms with Gasteiger partial charge in [-0.2, -0.15) is 0 Å². The highest BCUT2D eigenvalue weighted by Gasteiger charge is 2.12. The number of rotatable bonds is 6. The predicted molar refractivity (Wildman–Crippen MR) is 72.0 cm³/mol. The van der Waals surface area contributed by atoms with Crippen LogP contribution < -0.4 is 0 Å². The van der Waals surface area contributed by atoms with E-state index in [9.17, 15) is 9.59 Å². The summed E-state index contributed by atoms with van der Waals surface area (Å²) in [6.07, 6.45) is 2.04. The van der Waals surface area contributed by atoms with Crippen LogP contribution in [0.25, 0.3) is 0 Å². The Morgan fingerprint density at radius 1 is 1.39 bits per heavy atom. The van der Waals surface area contributed by atoms with Gasteiger partial charge in [0.2, 0.25) is 5.91 Å².